The van der Waals surface area contributed by atoms with Crippen LogP contribution in [0.15, 0.2) is 34.1 Å². The highest BCUT2D eigenvalue weighted by atomic mass is 35.7. The topological polar surface area (TPSA) is 71.5 Å². The number of nitrogens with zero attached hydrogens (tertiary/aromatic N) is 1. The van der Waals surface area contributed by atoms with E-state index in [1.165, 1.54) is 22.5 Å². The lowest BCUT2D eigenvalue weighted by Crippen LogP contribution is -2.33. The fourth-order valence-corrected chi connectivity index (χ4v) is 4.61. The Morgan fingerprint density at radius 3 is 2.33 bits per heavy atom. The maximum Gasteiger partial charge on any atom is 0.261 e. The molecule has 0 heterocycles. The van der Waals surface area contributed by atoms with Gasteiger partial charge in [0, 0.05) is 23.8 Å². The lowest BCUT2D eigenvalue weighted by atomic mass is 10.4. The molecule has 5 nitrogen and oxygen atoms in total. The second-order valence-corrected chi connectivity index (χ2v) is 9.72. The van der Waals surface area contributed by atoms with Crippen molar-refractivity contribution in [1.29, 1.82) is 0 Å². The molecule has 0 saturated heterocycles. The van der Waals surface area contributed by atoms with Crippen molar-refractivity contribution in [3.05, 3.63) is 24.3 Å². The molecule has 1 aromatic carbocycles. The zero-order chi connectivity index (χ0) is 15.7. The van der Waals surface area contributed by atoms with Crippen LogP contribution in [0.5, 0.6) is 0 Å². The third kappa shape index (κ3) is 4.18. The highest BCUT2D eigenvalue weighted by molar-refractivity contribution is 8.13. The van der Waals surface area contributed by atoms with Crippen molar-refractivity contribution in [2.24, 2.45) is 5.92 Å². The van der Waals surface area contributed by atoms with Crippen molar-refractivity contribution in [2.75, 3.05) is 13.1 Å². The third-order valence-electron chi connectivity index (χ3n) is 3.36. The lowest BCUT2D eigenvalue weighted by molar-refractivity contribution is 0.395. The summed E-state index contributed by atoms with van der Waals surface area (Å²) in [7, 11) is -2.36. The van der Waals surface area contributed by atoms with Crippen LogP contribution in [-0.2, 0) is 19.1 Å². The number of benzene rings is 1. The average molecular weight is 352 g/mol. The van der Waals surface area contributed by atoms with E-state index < -0.39 is 19.1 Å². The van der Waals surface area contributed by atoms with E-state index in [9.17, 15) is 16.8 Å². The predicted octanol–water partition coefficient (Wildman–Crippen LogP) is 2.42. The summed E-state index contributed by atoms with van der Waals surface area (Å²) in [5, 5.41) is 0. The largest absolute Gasteiger partial charge is 0.261 e. The zero-order valence-corrected chi connectivity index (χ0v) is 14.1. The average Bonchev–Trinajstić information content (AvgIpc) is 3.21. The molecule has 0 aliphatic heterocycles. The summed E-state index contributed by atoms with van der Waals surface area (Å²) in [5.74, 6) is 0.422. The van der Waals surface area contributed by atoms with Crippen LogP contribution in [0.3, 0.4) is 0 Å². The molecule has 0 spiro atoms. The Morgan fingerprint density at radius 1 is 1.19 bits per heavy atom. The second-order valence-electron chi connectivity index (χ2n) is 5.22. The highest BCUT2D eigenvalue weighted by Crippen LogP contribution is 2.32. The molecule has 8 heteroatoms. The van der Waals surface area contributed by atoms with E-state index in [0.717, 1.165) is 18.9 Å². The standard InChI is InChI=1S/C13H18ClNO4S2/c1-2-8-15(10-11-6-7-11)21(18,19)13-5-3-4-12(9-13)20(14,16)17/h3-5,9,11H,2,6-8,10H2,1H3. The molecule has 0 bridgehead atoms. The lowest BCUT2D eigenvalue weighted by Gasteiger charge is -2.21. The molecule has 1 aliphatic carbocycles. The van der Waals surface area contributed by atoms with Crippen molar-refractivity contribution in [2.45, 2.75) is 36.0 Å². The fourth-order valence-electron chi connectivity index (χ4n) is 2.08. The minimum atomic E-state index is -3.95. The summed E-state index contributed by atoms with van der Waals surface area (Å²) in [6.45, 7) is 2.83. The molecule has 0 N–H and O–H groups in total. The molecule has 118 valence electrons. The van der Waals surface area contributed by atoms with Gasteiger partial charge in [-0.25, -0.2) is 16.8 Å². The SMILES string of the molecule is CCCN(CC1CC1)S(=O)(=O)c1cccc(S(=O)(=O)Cl)c1. The van der Waals surface area contributed by atoms with Crippen LogP contribution < -0.4 is 0 Å². The fraction of sp³-hybridized carbons (Fsp3) is 0.538. The van der Waals surface area contributed by atoms with Gasteiger partial charge in [-0.1, -0.05) is 13.0 Å². The van der Waals surface area contributed by atoms with E-state index in [0.29, 0.717) is 25.4 Å². The van der Waals surface area contributed by atoms with Gasteiger partial charge in [0.2, 0.25) is 10.0 Å². The summed E-state index contributed by atoms with van der Waals surface area (Å²) in [5.41, 5.74) is 0. The van der Waals surface area contributed by atoms with Gasteiger partial charge in [0.15, 0.2) is 0 Å². The van der Waals surface area contributed by atoms with Crippen molar-refractivity contribution < 1.29 is 16.8 Å². The van der Waals surface area contributed by atoms with Crippen LogP contribution in [0.25, 0.3) is 0 Å². The Bertz CT molecular complexity index is 711. The summed E-state index contributed by atoms with van der Waals surface area (Å²) in [6, 6.07) is 5.19. The second kappa shape index (κ2) is 6.24. The van der Waals surface area contributed by atoms with Crippen LogP contribution >= 0.6 is 10.7 Å². The minimum absolute atomic E-state index is 0.0293. The van der Waals surface area contributed by atoms with E-state index in [4.69, 9.17) is 10.7 Å². The molecule has 0 atom stereocenters. The zero-order valence-electron chi connectivity index (χ0n) is 11.7. The van der Waals surface area contributed by atoms with Gasteiger partial charge in [0.05, 0.1) is 9.79 Å². The van der Waals surface area contributed by atoms with Crippen LogP contribution in [0.2, 0.25) is 0 Å². The number of hydrogen-bond acceptors (Lipinski definition) is 4. The van der Waals surface area contributed by atoms with Gasteiger partial charge in [-0.05, 0) is 43.4 Å². The molecule has 1 aliphatic rings. The Balaban J connectivity index is 2.36. The van der Waals surface area contributed by atoms with Gasteiger partial charge in [0.1, 0.15) is 0 Å². The molecule has 0 aromatic heterocycles. The van der Waals surface area contributed by atoms with Crippen LogP contribution in [0.4, 0.5) is 0 Å². The van der Waals surface area contributed by atoms with E-state index in [1.54, 1.807) is 0 Å². The number of rotatable bonds is 7. The van der Waals surface area contributed by atoms with Crippen molar-refractivity contribution in [1.82, 2.24) is 4.31 Å². The predicted molar refractivity (Wildman–Crippen MR) is 81.3 cm³/mol. The smallest absolute Gasteiger partial charge is 0.207 e. The molecule has 0 amide bonds. The molecule has 1 fully saturated rings. The Hall–Kier alpha value is -0.630. The number of sulfonamides is 1. The monoisotopic (exact) mass is 351 g/mol. The molecular formula is C13H18ClNO4S2. The first-order chi connectivity index (χ1) is 9.75. The summed E-state index contributed by atoms with van der Waals surface area (Å²) >= 11 is 0. The Labute approximate surface area is 130 Å². The summed E-state index contributed by atoms with van der Waals surface area (Å²) in [4.78, 5) is -0.230. The molecule has 21 heavy (non-hydrogen) atoms. The molecule has 0 radical (unpaired) electrons. The molecule has 2 rings (SSSR count). The van der Waals surface area contributed by atoms with Gasteiger partial charge < -0.3 is 0 Å². The Kier molecular flexibility index (Phi) is 4.97. The van der Waals surface area contributed by atoms with Crippen molar-refractivity contribution in [3.8, 4) is 0 Å². The first-order valence-corrected chi connectivity index (χ1v) is 10.5. The van der Waals surface area contributed by atoms with E-state index in [1.807, 2.05) is 6.92 Å². The summed E-state index contributed by atoms with van der Waals surface area (Å²) in [6.07, 6.45) is 2.80. The maximum absolute atomic E-state index is 12.7. The van der Waals surface area contributed by atoms with E-state index in [-0.39, 0.29) is 9.79 Å². The number of halogens is 1. The molecule has 0 unspecified atom stereocenters. The first kappa shape index (κ1) is 16.7. The van der Waals surface area contributed by atoms with Crippen molar-refractivity contribution >= 4 is 29.8 Å². The van der Waals surface area contributed by atoms with Crippen LogP contribution in [0.1, 0.15) is 26.2 Å². The highest BCUT2D eigenvalue weighted by Gasteiger charge is 2.31. The van der Waals surface area contributed by atoms with Crippen LogP contribution in [-0.4, -0.2) is 34.2 Å². The van der Waals surface area contributed by atoms with Crippen LogP contribution in [0, 0.1) is 5.92 Å². The minimum Gasteiger partial charge on any atom is -0.207 e. The van der Waals surface area contributed by atoms with E-state index >= 15 is 0 Å². The van der Waals surface area contributed by atoms with Gasteiger partial charge in [0.25, 0.3) is 9.05 Å². The van der Waals surface area contributed by atoms with Gasteiger partial charge in [-0.3, -0.25) is 0 Å². The molecule has 1 aromatic rings. The Morgan fingerprint density at radius 2 is 1.81 bits per heavy atom. The summed E-state index contributed by atoms with van der Waals surface area (Å²) < 4.78 is 49.4. The van der Waals surface area contributed by atoms with Gasteiger partial charge >= 0.3 is 0 Å². The number of hydrogen-bond donors (Lipinski definition) is 0. The van der Waals surface area contributed by atoms with E-state index in [2.05, 4.69) is 0 Å². The maximum atomic E-state index is 12.7. The van der Waals surface area contributed by atoms with Crippen molar-refractivity contribution in [3.63, 3.8) is 0 Å². The third-order valence-corrected chi connectivity index (χ3v) is 6.57. The quantitative estimate of drug-likeness (QED) is 0.707. The van der Waals surface area contributed by atoms with Gasteiger partial charge in [-0.2, -0.15) is 4.31 Å². The normalized spacial score (nSPS) is 16.3. The molecular weight excluding hydrogens is 334 g/mol. The molecule has 1 saturated carbocycles. The first-order valence-electron chi connectivity index (χ1n) is 6.80. The van der Waals surface area contributed by atoms with Gasteiger partial charge in [-0.15, -0.1) is 0 Å².